The van der Waals surface area contributed by atoms with Crippen LogP contribution in [0, 0.1) is 31.5 Å². The standard InChI is InChI=1S/C25H24FN5O5S/c1-14-21(23(34)31-19(24(35)36-3)13-28-22(33)20-7-5-11-37-20)15(2)30-25(29-14)27-10-4-6-16-12-17(32)8-9-18(16)26/h5,7-9,11-12,19,32H,10,13H2,1-3H3,(H,28,33)(H,31,34)(H,27,29,30)/t19-/m0/s1. The Morgan fingerprint density at radius 2 is 1.89 bits per heavy atom. The molecule has 2 amide bonds. The number of phenolic OH excluding ortho intramolecular Hbond substituents is 1. The Kier molecular flexibility index (Phi) is 9.12. The van der Waals surface area contributed by atoms with Crippen molar-refractivity contribution >= 4 is 35.1 Å². The lowest BCUT2D eigenvalue weighted by molar-refractivity contribution is -0.142. The summed E-state index contributed by atoms with van der Waals surface area (Å²) in [5, 5.41) is 19.2. The molecule has 192 valence electrons. The number of ether oxygens (including phenoxy) is 1. The number of aryl methyl sites for hydroxylation is 2. The van der Waals surface area contributed by atoms with Gasteiger partial charge in [-0.2, -0.15) is 0 Å². The summed E-state index contributed by atoms with van der Waals surface area (Å²) in [4.78, 5) is 46.4. The van der Waals surface area contributed by atoms with E-state index in [1.54, 1.807) is 31.4 Å². The number of nitrogens with one attached hydrogen (secondary N) is 3. The summed E-state index contributed by atoms with van der Waals surface area (Å²) < 4.78 is 18.5. The number of halogens is 1. The highest BCUT2D eigenvalue weighted by Gasteiger charge is 2.25. The largest absolute Gasteiger partial charge is 0.508 e. The molecule has 0 spiro atoms. The van der Waals surface area contributed by atoms with Crippen LogP contribution >= 0.6 is 11.3 Å². The second-order valence-electron chi connectivity index (χ2n) is 7.65. The van der Waals surface area contributed by atoms with E-state index in [1.165, 1.54) is 30.6 Å². The van der Waals surface area contributed by atoms with E-state index in [2.05, 4.69) is 37.8 Å². The molecule has 0 bridgehead atoms. The Hall–Kier alpha value is -4.50. The molecule has 0 aliphatic heterocycles. The molecule has 0 aliphatic carbocycles. The van der Waals surface area contributed by atoms with E-state index in [0.29, 0.717) is 16.3 Å². The summed E-state index contributed by atoms with van der Waals surface area (Å²) in [5.74, 6) is 3.16. The number of carbonyl (C=O) groups excluding carboxylic acids is 3. The smallest absolute Gasteiger partial charge is 0.330 e. The third-order valence-corrected chi connectivity index (χ3v) is 5.88. The van der Waals surface area contributed by atoms with Crippen molar-refractivity contribution in [2.45, 2.75) is 19.9 Å². The molecule has 3 aromatic rings. The topological polar surface area (TPSA) is 143 Å². The third-order valence-electron chi connectivity index (χ3n) is 5.01. The maximum absolute atomic E-state index is 13.7. The van der Waals surface area contributed by atoms with Crippen molar-refractivity contribution in [3.63, 3.8) is 0 Å². The van der Waals surface area contributed by atoms with Crippen LogP contribution in [-0.4, -0.2) is 59.1 Å². The van der Waals surface area contributed by atoms with Gasteiger partial charge in [0, 0.05) is 6.54 Å². The Labute approximate surface area is 216 Å². The molecule has 0 aliphatic rings. The molecule has 2 heterocycles. The number of esters is 1. The summed E-state index contributed by atoms with van der Waals surface area (Å²) >= 11 is 1.25. The van der Waals surface area contributed by atoms with Crippen molar-refractivity contribution in [2.24, 2.45) is 0 Å². The van der Waals surface area contributed by atoms with E-state index in [9.17, 15) is 23.9 Å². The van der Waals surface area contributed by atoms with E-state index < -0.39 is 23.7 Å². The van der Waals surface area contributed by atoms with Crippen molar-refractivity contribution in [2.75, 3.05) is 25.5 Å². The maximum Gasteiger partial charge on any atom is 0.330 e. The Balaban J connectivity index is 1.66. The predicted molar refractivity (Wildman–Crippen MR) is 135 cm³/mol. The number of aromatic nitrogens is 2. The quantitative estimate of drug-likeness (QED) is 0.259. The molecule has 12 heteroatoms. The van der Waals surface area contributed by atoms with Crippen LogP contribution in [0.5, 0.6) is 5.75 Å². The monoisotopic (exact) mass is 525 g/mol. The van der Waals surface area contributed by atoms with Gasteiger partial charge < -0.3 is 25.8 Å². The van der Waals surface area contributed by atoms with Crippen LogP contribution in [0.2, 0.25) is 0 Å². The molecule has 4 N–H and O–H groups in total. The number of thiophene rings is 1. The third kappa shape index (κ3) is 7.25. The highest BCUT2D eigenvalue weighted by Crippen LogP contribution is 2.15. The van der Waals surface area contributed by atoms with Gasteiger partial charge in [-0.05, 0) is 43.5 Å². The first-order chi connectivity index (χ1) is 17.7. The fourth-order valence-electron chi connectivity index (χ4n) is 3.25. The molecular formula is C25H24FN5O5S. The Morgan fingerprint density at radius 1 is 1.16 bits per heavy atom. The summed E-state index contributed by atoms with van der Waals surface area (Å²) in [5.41, 5.74) is 0.891. The van der Waals surface area contributed by atoms with Crippen molar-refractivity contribution in [3.8, 4) is 17.6 Å². The molecule has 37 heavy (non-hydrogen) atoms. The van der Waals surface area contributed by atoms with Gasteiger partial charge >= 0.3 is 5.97 Å². The van der Waals surface area contributed by atoms with E-state index in [1.807, 2.05) is 0 Å². The number of nitrogens with zero attached hydrogens (tertiary/aromatic N) is 2. The number of benzene rings is 1. The van der Waals surface area contributed by atoms with E-state index in [-0.39, 0.29) is 41.8 Å². The number of carbonyl (C=O) groups is 3. The molecule has 1 atom stereocenters. The van der Waals surface area contributed by atoms with Gasteiger partial charge in [-0.15, -0.1) is 11.3 Å². The van der Waals surface area contributed by atoms with Crippen molar-refractivity contribution in [1.82, 2.24) is 20.6 Å². The zero-order valence-corrected chi connectivity index (χ0v) is 21.0. The number of amides is 2. The highest BCUT2D eigenvalue weighted by molar-refractivity contribution is 7.12. The van der Waals surface area contributed by atoms with Crippen molar-refractivity contribution < 1.29 is 28.6 Å². The SMILES string of the molecule is COC(=O)[C@H](CNC(=O)c1cccs1)NC(=O)c1c(C)nc(NCC#Cc2cc(O)ccc2F)nc1C. The molecule has 0 saturated heterocycles. The van der Waals surface area contributed by atoms with Crippen LogP contribution in [0.25, 0.3) is 0 Å². The van der Waals surface area contributed by atoms with Gasteiger partial charge in [0.1, 0.15) is 17.6 Å². The number of rotatable bonds is 8. The van der Waals surface area contributed by atoms with Gasteiger partial charge in [-0.1, -0.05) is 17.9 Å². The van der Waals surface area contributed by atoms with Gasteiger partial charge in [-0.25, -0.2) is 19.2 Å². The zero-order valence-electron chi connectivity index (χ0n) is 20.2. The number of hydrogen-bond donors (Lipinski definition) is 4. The summed E-state index contributed by atoms with van der Waals surface area (Å²) in [6.45, 7) is 3.11. The first-order valence-electron chi connectivity index (χ1n) is 11.0. The first kappa shape index (κ1) is 27.1. The van der Waals surface area contributed by atoms with Crippen LogP contribution in [0.1, 0.15) is 37.0 Å². The minimum atomic E-state index is -1.13. The van der Waals surface area contributed by atoms with Gasteiger partial charge in [0.2, 0.25) is 5.95 Å². The fourth-order valence-corrected chi connectivity index (χ4v) is 3.89. The van der Waals surface area contributed by atoms with Crippen LogP contribution in [0.15, 0.2) is 35.7 Å². The summed E-state index contributed by atoms with van der Waals surface area (Å²) in [6.07, 6.45) is 0. The Bertz CT molecular complexity index is 1340. The normalized spacial score (nSPS) is 11.0. The van der Waals surface area contributed by atoms with Gasteiger partial charge in [0.25, 0.3) is 11.8 Å². The zero-order chi connectivity index (χ0) is 26.9. The van der Waals surface area contributed by atoms with Crippen molar-refractivity contribution in [3.05, 3.63) is 68.9 Å². The molecule has 0 fully saturated rings. The maximum atomic E-state index is 13.7. The van der Waals surface area contributed by atoms with Crippen LogP contribution < -0.4 is 16.0 Å². The molecule has 1 aromatic carbocycles. The first-order valence-corrected chi connectivity index (χ1v) is 11.8. The number of hydrogen-bond acceptors (Lipinski definition) is 9. The summed E-state index contributed by atoms with van der Waals surface area (Å²) in [7, 11) is 1.18. The number of aromatic hydroxyl groups is 1. The van der Waals surface area contributed by atoms with Crippen molar-refractivity contribution in [1.29, 1.82) is 0 Å². The fraction of sp³-hybridized carbons (Fsp3) is 0.240. The molecule has 2 aromatic heterocycles. The molecule has 0 radical (unpaired) electrons. The van der Waals surface area contributed by atoms with E-state index in [4.69, 9.17) is 4.74 Å². The lowest BCUT2D eigenvalue weighted by atomic mass is 10.1. The second-order valence-corrected chi connectivity index (χ2v) is 8.60. The van der Waals surface area contributed by atoms with Gasteiger partial charge in [-0.3, -0.25) is 9.59 Å². The van der Waals surface area contributed by atoms with Crippen LogP contribution in [0.4, 0.5) is 10.3 Å². The van der Waals surface area contributed by atoms with Gasteiger partial charge in [0.15, 0.2) is 0 Å². The second kappa shape index (κ2) is 12.5. The Morgan fingerprint density at radius 3 is 2.54 bits per heavy atom. The minimum Gasteiger partial charge on any atom is -0.508 e. The van der Waals surface area contributed by atoms with Crippen LogP contribution in [-0.2, 0) is 9.53 Å². The highest BCUT2D eigenvalue weighted by atomic mass is 32.1. The average Bonchev–Trinajstić information content (AvgIpc) is 3.40. The van der Waals surface area contributed by atoms with E-state index >= 15 is 0 Å². The molecule has 0 unspecified atom stereocenters. The molecule has 0 saturated carbocycles. The lowest BCUT2D eigenvalue weighted by Gasteiger charge is -2.18. The van der Waals surface area contributed by atoms with Gasteiger partial charge in [0.05, 0.1) is 41.0 Å². The number of anilines is 1. The molecular weight excluding hydrogens is 501 g/mol. The van der Waals surface area contributed by atoms with E-state index in [0.717, 1.165) is 6.07 Å². The molecule has 10 nitrogen and oxygen atoms in total. The summed E-state index contributed by atoms with van der Waals surface area (Å²) in [6, 6.07) is 5.80. The average molecular weight is 526 g/mol. The minimum absolute atomic E-state index is 0.0498. The lowest BCUT2D eigenvalue weighted by Crippen LogP contribution is -2.49. The predicted octanol–water partition coefficient (Wildman–Crippen LogP) is 2.16. The number of methoxy groups -OCH3 is 1. The molecule has 3 rings (SSSR count). The van der Waals surface area contributed by atoms with Crippen LogP contribution in [0.3, 0.4) is 0 Å². The number of phenols is 1.